The van der Waals surface area contributed by atoms with E-state index in [1.54, 1.807) is 10.9 Å². The van der Waals surface area contributed by atoms with Crippen molar-refractivity contribution in [2.24, 2.45) is 0 Å². The van der Waals surface area contributed by atoms with Gasteiger partial charge in [0.15, 0.2) is 0 Å². The lowest BCUT2D eigenvalue weighted by atomic mass is 10.3. The first-order valence-electron chi connectivity index (χ1n) is 4.63. The van der Waals surface area contributed by atoms with Crippen LogP contribution in [0.15, 0.2) is 36.7 Å². The highest BCUT2D eigenvalue weighted by Crippen LogP contribution is 2.09. The molecule has 2 heterocycles. The minimum atomic E-state index is 0.488. The molecule has 0 fully saturated rings. The molecule has 0 N–H and O–H groups in total. The lowest BCUT2D eigenvalue weighted by Gasteiger charge is -1.99. The SMILES string of the molecule is Ic1cnn(-c2nnc3ccccc3n2)c1. The van der Waals surface area contributed by atoms with Crippen LogP contribution in [0.2, 0.25) is 0 Å². The predicted molar refractivity (Wildman–Crippen MR) is 67.2 cm³/mol. The number of nitrogens with zero attached hydrogens (tertiary/aromatic N) is 5. The molecule has 5 nitrogen and oxygen atoms in total. The summed E-state index contributed by atoms with van der Waals surface area (Å²) in [4.78, 5) is 4.38. The Morgan fingerprint density at radius 3 is 2.62 bits per heavy atom. The zero-order valence-electron chi connectivity index (χ0n) is 8.08. The Balaban J connectivity index is 2.18. The third-order valence-corrected chi connectivity index (χ3v) is 2.66. The monoisotopic (exact) mass is 323 g/mol. The minimum absolute atomic E-state index is 0.488. The van der Waals surface area contributed by atoms with Crippen molar-refractivity contribution in [1.82, 2.24) is 25.0 Å². The number of fused-ring (bicyclic) bond motifs is 1. The van der Waals surface area contributed by atoms with Crippen LogP contribution in [0.5, 0.6) is 0 Å². The van der Waals surface area contributed by atoms with Gasteiger partial charge in [0, 0.05) is 6.20 Å². The van der Waals surface area contributed by atoms with Crippen LogP contribution in [0.1, 0.15) is 0 Å². The lowest BCUT2D eigenvalue weighted by Crippen LogP contribution is -2.03. The van der Waals surface area contributed by atoms with E-state index in [0.29, 0.717) is 5.95 Å². The summed E-state index contributed by atoms with van der Waals surface area (Å²) in [5.41, 5.74) is 1.60. The normalized spacial score (nSPS) is 10.8. The molecule has 0 unspecified atom stereocenters. The smallest absolute Gasteiger partial charge is 0.208 e. The van der Waals surface area contributed by atoms with Crippen LogP contribution in [-0.2, 0) is 0 Å². The summed E-state index contributed by atoms with van der Waals surface area (Å²) in [7, 11) is 0. The molecule has 0 bridgehead atoms. The van der Waals surface area contributed by atoms with Crippen molar-refractivity contribution >= 4 is 33.6 Å². The largest absolute Gasteiger partial charge is 0.270 e. The van der Waals surface area contributed by atoms with Gasteiger partial charge in [0.25, 0.3) is 5.95 Å². The summed E-state index contributed by atoms with van der Waals surface area (Å²) in [5.74, 6) is 0.488. The summed E-state index contributed by atoms with van der Waals surface area (Å²) in [6.07, 6.45) is 3.60. The highest BCUT2D eigenvalue weighted by Gasteiger charge is 2.04. The summed E-state index contributed by atoms with van der Waals surface area (Å²) in [5, 5.41) is 12.3. The molecular weight excluding hydrogens is 317 g/mol. The van der Waals surface area contributed by atoms with E-state index in [4.69, 9.17) is 0 Å². The topological polar surface area (TPSA) is 56.5 Å². The summed E-state index contributed by atoms with van der Waals surface area (Å²) >= 11 is 2.19. The van der Waals surface area contributed by atoms with Crippen LogP contribution in [0.25, 0.3) is 17.0 Å². The van der Waals surface area contributed by atoms with E-state index in [1.807, 2.05) is 30.5 Å². The Morgan fingerprint density at radius 1 is 1.06 bits per heavy atom. The molecular formula is C10H6IN5. The Labute approximate surface area is 105 Å². The van der Waals surface area contributed by atoms with Gasteiger partial charge in [0.05, 0.1) is 15.3 Å². The fourth-order valence-corrected chi connectivity index (χ4v) is 1.77. The molecule has 0 amide bonds. The van der Waals surface area contributed by atoms with Gasteiger partial charge >= 0.3 is 0 Å². The lowest BCUT2D eigenvalue weighted by molar-refractivity contribution is 0.787. The third kappa shape index (κ3) is 1.64. The number of benzene rings is 1. The Bertz CT molecular complexity index is 648. The Morgan fingerprint density at radius 2 is 1.88 bits per heavy atom. The van der Waals surface area contributed by atoms with Crippen molar-refractivity contribution in [2.45, 2.75) is 0 Å². The molecule has 1 aromatic carbocycles. The fourth-order valence-electron chi connectivity index (χ4n) is 1.38. The predicted octanol–water partition coefficient (Wildman–Crippen LogP) is 1.82. The van der Waals surface area contributed by atoms with Gasteiger partial charge < -0.3 is 0 Å². The van der Waals surface area contributed by atoms with Crippen molar-refractivity contribution in [3.8, 4) is 5.95 Å². The number of para-hydroxylation sites is 1. The van der Waals surface area contributed by atoms with Crippen LogP contribution in [0.3, 0.4) is 0 Å². The number of hydrogen-bond donors (Lipinski definition) is 0. The Hall–Kier alpha value is -1.57. The average molecular weight is 323 g/mol. The van der Waals surface area contributed by atoms with Crippen molar-refractivity contribution in [3.05, 3.63) is 40.2 Å². The highest BCUT2D eigenvalue weighted by molar-refractivity contribution is 14.1. The molecule has 0 atom stereocenters. The minimum Gasteiger partial charge on any atom is -0.208 e. The number of halogens is 1. The van der Waals surface area contributed by atoms with Crippen molar-refractivity contribution in [1.29, 1.82) is 0 Å². The number of rotatable bonds is 1. The molecule has 0 radical (unpaired) electrons. The molecule has 0 aliphatic carbocycles. The van der Waals surface area contributed by atoms with E-state index in [1.165, 1.54) is 0 Å². The molecule has 6 heteroatoms. The van der Waals surface area contributed by atoms with Crippen LogP contribution in [0.4, 0.5) is 0 Å². The highest BCUT2D eigenvalue weighted by atomic mass is 127. The Kier molecular flexibility index (Phi) is 2.28. The molecule has 0 aliphatic heterocycles. The second kappa shape index (κ2) is 3.78. The molecule has 3 aromatic rings. The zero-order valence-corrected chi connectivity index (χ0v) is 10.2. The van der Waals surface area contributed by atoms with E-state index in [2.05, 4.69) is 42.9 Å². The first-order chi connectivity index (χ1) is 7.83. The molecule has 0 saturated heterocycles. The van der Waals surface area contributed by atoms with Crippen LogP contribution < -0.4 is 0 Å². The number of aromatic nitrogens is 5. The maximum Gasteiger partial charge on any atom is 0.270 e. The number of hydrogen-bond acceptors (Lipinski definition) is 4. The van der Waals surface area contributed by atoms with Crippen LogP contribution in [0, 0.1) is 3.57 Å². The van der Waals surface area contributed by atoms with Gasteiger partial charge in [-0.3, -0.25) is 0 Å². The van der Waals surface area contributed by atoms with E-state index in [0.717, 1.165) is 14.6 Å². The van der Waals surface area contributed by atoms with Crippen LogP contribution in [-0.4, -0.2) is 25.0 Å². The first kappa shape index (κ1) is 9.64. The standard InChI is InChI=1S/C10H6IN5/c11-7-5-12-16(6-7)10-13-8-3-1-2-4-9(8)14-15-10/h1-6H. The second-order valence-electron chi connectivity index (χ2n) is 3.20. The van der Waals surface area contributed by atoms with Gasteiger partial charge in [-0.25, -0.2) is 9.67 Å². The van der Waals surface area contributed by atoms with Gasteiger partial charge in [-0.05, 0) is 34.7 Å². The fraction of sp³-hybridized carbons (Fsp3) is 0. The van der Waals surface area contributed by atoms with Gasteiger partial charge in [-0.2, -0.15) is 5.10 Å². The van der Waals surface area contributed by atoms with E-state index in [-0.39, 0.29) is 0 Å². The van der Waals surface area contributed by atoms with E-state index < -0.39 is 0 Å². The molecule has 0 aliphatic rings. The van der Waals surface area contributed by atoms with Crippen molar-refractivity contribution in [2.75, 3.05) is 0 Å². The summed E-state index contributed by atoms with van der Waals surface area (Å²) in [6.45, 7) is 0. The van der Waals surface area contributed by atoms with Crippen molar-refractivity contribution < 1.29 is 0 Å². The quantitative estimate of drug-likeness (QED) is 0.641. The van der Waals surface area contributed by atoms with E-state index in [9.17, 15) is 0 Å². The summed E-state index contributed by atoms with van der Waals surface area (Å²) < 4.78 is 2.65. The molecule has 16 heavy (non-hydrogen) atoms. The van der Waals surface area contributed by atoms with E-state index >= 15 is 0 Å². The first-order valence-corrected chi connectivity index (χ1v) is 5.71. The summed E-state index contributed by atoms with van der Waals surface area (Å²) in [6, 6.07) is 7.62. The molecule has 78 valence electrons. The molecule has 2 aromatic heterocycles. The van der Waals surface area contributed by atoms with Crippen molar-refractivity contribution in [3.63, 3.8) is 0 Å². The molecule has 0 saturated carbocycles. The third-order valence-electron chi connectivity index (χ3n) is 2.11. The van der Waals surface area contributed by atoms with Gasteiger partial charge in [-0.1, -0.05) is 12.1 Å². The molecule has 0 spiro atoms. The van der Waals surface area contributed by atoms with Gasteiger partial charge in [-0.15, -0.1) is 10.2 Å². The second-order valence-corrected chi connectivity index (χ2v) is 4.45. The van der Waals surface area contributed by atoms with Gasteiger partial charge in [0.2, 0.25) is 0 Å². The zero-order chi connectivity index (χ0) is 11.0. The van der Waals surface area contributed by atoms with Crippen LogP contribution >= 0.6 is 22.6 Å². The maximum absolute atomic E-state index is 4.38. The average Bonchev–Trinajstić information content (AvgIpc) is 2.75. The maximum atomic E-state index is 4.38. The molecule has 3 rings (SSSR count). The van der Waals surface area contributed by atoms with Gasteiger partial charge in [0.1, 0.15) is 5.52 Å².